The van der Waals surface area contributed by atoms with Crippen LogP contribution in [0.15, 0.2) is 60.2 Å². The fourth-order valence-electron chi connectivity index (χ4n) is 5.67. The first-order valence-electron chi connectivity index (χ1n) is 10.8. The quantitative estimate of drug-likeness (QED) is 0.325. The third-order valence-corrected chi connectivity index (χ3v) is 7.69. The van der Waals surface area contributed by atoms with Crippen molar-refractivity contribution in [2.24, 2.45) is 22.7 Å². The van der Waals surface area contributed by atoms with Crippen molar-refractivity contribution in [1.29, 1.82) is 0 Å². The summed E-state index contributed by atoms with van der Waals surface area (Å²) < 4.78 is 0. The fraction of sp³-hybridized carbons (Fsp3) is 0.500. The average molecular weight is 428 g/mol. The van der Waals surface area contributed by atoms with Crippen molar-refractivity contribution >= 4 is 23.2 Å². The van der Waals surface area contributed by atoms with E-state index in [1.165, 1.54) is 5.57 Å². The first-order chi connectivity index (χ1) is 14.0. The summed E-state index contributed by atoms with van der Waals surface area (Å²) in [5.41, 5.74) is 2.87. The molecule has 1 aromatic carbocycles. The molecule has 30 heavy (non-hydrogen) atoms. The molecule has 2 N–H and O–H groups in total. The molecular weight excluding hydrogens is 394 g/mol. The van der Waals surface area contributed by atoms with Crippen molar-refractivity contribution in [3.05, 3.63) is 65.2 Å². The van der Waals surface area contributed by atoms with Crippen molar-refractivity contribution in [1.82, 2.24) is 0 Å². The summed E-state index contributed by atoms with van der Waals surface area (Å²) in [6.45, 7) is 13.1. The molecule has 0 radical (unpaired) electrons. The van der Waals surface area contributed by atoms with E-state index >= 15 is 0 Å². The number of hydrogen-bond acceptors (Lipinski definition) is 2. The Labute approximate surface area is 185 Å². The minimum absolute atomic E-state index is 0.0837. The molecule has 3 nitrogen and oxygen atoms in total. The predicted octanol–water partition coefficient (Wildman–Crippen LogP) is 6.55. The van der Waals surface area contributed by atoms with Crippen LogP contribution in [0, 0.1) is 22.7 Å². The maximum Gasteiger partial charge on any atom is 0.248 e. The Kier molecular flexibility index (Phi) is 6.64. The number of nitrogens with one attached hydrogen (secondary N) is 1. The van der Waals surface area contributed by atoms with Gasteiger partial charge >= 0.3 is 0 Å². The van der Waals surface area contributed by atoms with E-state index in [4.69, 9.17) is 11.6 Å². The topological polar surface area (TPSA) is 49.3 Å². The summed E-state index contributed by atoms with van der Waals surface area (Å²) in [5.74, 6) is 0.546. The van der Waals surface area contributed by atoms with Gasteiger partial charge in [-0.3, -0.25) is 4.79 Å². The largest absolute Gasteiger partial charge is 0.393 e. The van der Waals surface area contributed by atoms with Crippen LogP contribution in [0.3, 0.4) is 0 Å². The number of carbonyl (C=O) groups excluding carboxylic acids is 1. The summed E-state index contributed by atoms with van der Waals surface area (Å²) in [6.07, 6.45) is 9.54. The van der Waals surface area contributed by atoms with E-state index < -0.39 is 0 Å². The van der Waals surface area contributed by atoms with Crippen molar-refractivity contribution in [3.8, 4) is 0 Å². The average Bonchev–Trinajstić information content (AvgIpc) is 2.66. The molecular formula is C26H34ClNO2. The fourth-order valence-corrected chi connectivity index (χ4v) is 5.80. The van der Waals surface area contributed by atoms with Crippen LogP contribution in [0.2, 0.25) is 5.02 Å². The van der Waals surface area contributed by atoms with Gasteiger partial charge in [0.05, 0.1) is 6.10 Å². The highest BCUT2D eigenvalue weighted by molar-refractivity contribution is 6.30. The Balaban J connectivity index is 1.74. The molecule has 0 unspecified atom stereocenters. The molecule has 162 valence electrons. The zero-order valence-electron chi connectivity index (χ0n) is 18.5. The van der Waals surface area contributed by atoms with Gasteiger partial charge in [0.2, 0.25) is 5.91 Å². The van der Waals surface area contributed by atoms with Gasteiger partial charge in [0.1, 0.15) is 0 Å². The molecule has 4 heteroatoms. The highest BCUT2D eigenvalue weighted by Crippen LogP contribution is 2.61. The second-order valence-corrected chi connectivity index (χ2v) is 10.3. The molecule has 0 bridgehead atoms. The molecule has 0 aromatic heterocycles. The Morgan fingerprint density at radius 3 is 2.57 bits per heavy atom. The second-order valence-electron chi connectivity index (χ2n) is 9.85. The maximum absolute atomic E-state index is 12.3. The zero-order valence-corrected chi connectivity index (χ0v) is 19.3. The molecule has 3 rings (SSSR count). The van der Waals surface area contributed by atoms with Gasteiger partial charge in [-0.2, -0.15) is 0 Å². The van der Waals surface area contributed by atoms with Crippen LogP contribution in [-0.2, 0) is 4.79 Å². The minimum atomic E-state index is -0.246. The van der Waals surface area contributed by atoms with Crippen LogP contribution in [0.5, 0.6) is 0 Å². The number of benzene rings is 1. The van der Waals surface area contributed by atoms with Crippen molar-refractivity contribution in [2.45, 2.75) is 59.5 Å². The van der Waals surface area contributed by atoms with E-state index in [0.29, 0.717) is 10.9 Å². The molecule has 0 saturated heterocycles. The molecule has 2 saturated carbocycles. The number of halogens is 1. The summed E-state index contributed by atoms with van der Waals surface area (Å²) in [5, 5.41) is 14.1. The predicted molar refractivity (Wildman–Crippen MR) is 125 cm³/mol. The summed E-state index contributed by atoms with van der Waals surface area (Å²) in [6, 6.07) is 7.07. The standard InChI is InChI=1S/C26H34ClNO2/c1-17(16-24(30)28-20-10-8-19(27)9-11-20)6-12-21-18(2)7-13-22-25(3,4)23(29)14-15-26(21,22)5/h6,8-12,16,21-23,29H,2,7,13-15H2,1,3-5H3,(H,28,30)/b12-6+,17-16+/t21-,22-,23-,26-/m1/s1. The monoisotopic (exact) mass is 427 g/mol. The van der Waals surface area contributed by atoms with Crippen LogP contribution < -0.4 is 5.32 Å². The number of allylic oxidation sites excluding steroid dienone is 4. The second kappa shape index (κ2) is 8.72. The van der Waals surface area contributed by atoms with E-state index in [0.717, 1.165) is 36.9 Å². The van der Waals surface area contributed by atoms with Crippen LogP contribution in [0.25, 0.3) is 0 Å². The third-order valence-electron chi connectivity index (χ3n) is 7.44. The van der Waals surface area contributed by atoms with Crippen molar-refractivity contribution in [2.75, 3.05) is 5.32 Å². The summed E-state index contributed by atoms with van der Waals surface area (Å²) in [7, 11) is 0. The molecule has 1 amide bonds. The number of amides is 1. The van der Waals surface area contributed by atoms with E-state index in [9.17, 15) is 9.90 Å². The van der Waals surface area contributed by atoms with E-state index in [-0.39, 0.29) is 28.8 Å². The summed E-state index contributed by atoms with van der Waals surface area (Å²) in [4.78, 5) is 12.3. The number of carbonyl (C=O) groups is 1. The van der Waals surface area contributed by atoms with Gasteiger partial charge in [-0.25, -0.2) is 0 Å². The lowest BCUT2D eigenvalue weighted by molar-refractivity contribution is -0.116. The lowest BCUT2D eigenvalue weighted by Gasteiger charge is -2.59. The van der Waals surface area contributed by atoms with Crippen LogP contribution in [0.4, 0.5) is 5.69 Å². The van der Waals surface area contributed by atoms with E-state index in [1.54, 1.807) is 30.3 Å². The number of anilines is 1. The Morgan fingerprint density at radius 2 is 1.90 bits per heavy atom. The number of hydrogen-bond donors (Lipinski definition) is 2. The number of fused-ring (bicyclic) bond motifs is 1. The number of aliphatic hydroxyl groups excluding tert-OH is 1. The smallest absolute Gasteiger partial charge is 0.248 e. The summed E-state index contributed by atoms with van der Waals surface area (Å²) >= 11 is 5.89. The third kappa shape index (κ3) is 4.58. The van der Waals surface area contributed by atoms with E-state index in [2.05, 4.69) is 38.7 Å². The lowest BCUT2D eigenvalue weighted by atomic mass is 9.47. The zero-order chi connectivity index (χ0) is 22.1. The number of aliphatic hydroxyl groups is 1. The van der Waals surface area contributed by atoms with Gasteiger partial charge in [-0.1, -0.05) is 56.7 Å². The van der Waals surface area contributed by atoms with E-state index in [1.807, 2.05) is 13.0 Å². The molecule has 2 aliphatic rings. The van der Waals surface area contributed by atoms with Gasteiger partial charge < -0.3 is 10.4 Å². The van der Waals surface area contributed by atoms with Crippen LogP contribution >= 0.6 is 11.6 Å². The Hall–Kier alpha value is -1.84. The molecule has 1 aromatic rings. The highest BCUT2D eigenvalue weighted by atomic mass is 35.5. The van der Waals surface area contributed by atoms with Gasteiger partial charge in [-0.15, -0.1) is 0 Å². The molecule has 0 heterocycles. The van der Waals surface area contributed by atoms with Gasteiger partial charge in [0.15, 0.2) is 0 Å². The first kappa shape index (κ1) is 22.8. The number of rotatable bonds is 4. The van der Waals surface area contributed by atoms with Crippen molar-refractivity contribution < 1.29 is 9.90 Å². The first-order valence-corrected chi connectivity index (χ1v) is 11.2. The molecule has 0 spiro atoms. The highest BCUT2D eigenvalue weighted by Gasteiger charge is 2.55. The minimum Gasteiger partial charge on any atom is -0.393 e. The van der Waals surface area contributed by atoms with Gasteiger partial charge in [-0.05, 0) is 79.2 Å². The normalized spacial score (nSPS) is 31.5. The van der Waals surface area contributed by atoms with Crippen LogP contribution in [-0.4, -0.2) is 17.1 Å². The molecule has 2 fully saturated rings. The van der Waals surface area contributed by atoms with Crippen molar-refractivity contribution in [3.63, 3.8) is 0 Å². The van der Waals surface area contributed by atoms with Gasteiger partial charge in [0.25, 0.3) is 0 Å². The molecule has 0 aliphatic heterocycles. The molecule has 4 atom stereocenters. The molecule has 2 aliphatic carbocycles. The lowest BCUT2D eigenvalue weighted by Crippen LogP contribution is -2.54. The Morgan fingerprint density at radius 1 is 1.23 bits per heavy atom. The Bertz CT molecular complexity index is 868. The van der Waals surface area contributed by atoms with Crippen LogP contribution in [0.1, 0.15) is 53.4 Å². The maximum atomic E-state index is 12.3. The SMILES string of the molecule is C=C1CC[C@@H]2C(C)(C)[C@H](O)CC[C@]2(C)[C@@H]1/C=C/C(C)=C/C(=O)Nc1ccc(Cl)cc1. The van der Waals surface area contributed by atoms with Gasteiger partial charge in [0, 0.05) is 22.7 Å².